The van der Waals surface area contributed by atoms with E-state index < -0.39 is 7.14 Å². The van der Waals surface area contributed by atoms with Crippen LogP contribution >= 0.6 is 30.5 Å². The Balaban J connectivity index is 1.15. The zero-order valence-electron chi connectivity index (χ0n) is 22.1. The van der Waals surface area contributed by atoms with Gasteiger partial charge in [0.1, 0.15) is 18.0 Å². The van der Waals surface area contributed by atoms with Gasteiger partial charge in [0.2, 0.25) is 0 Å². The van der Waals surface area contributed by atoms with E-state index in [9.17, 15) is 4.57 Å². The Labute approximate surface area is 234 Å². The van der Waals surface area contributed by atoms with E-state index in [0.717, 1.165) is 85.0 Å². The van der Waals surface area contributed by atoms with Crippen LogP contribution in [-0.2, 0) is 11.0 Å². The maximum Gasteiger partial charge on any atom is 0.147 e. The number of hydrogen-bond acceptors (Lipinski definition) is 7. The second-order valence-corrected chi connectivity index (χ2v) is 15.9. The summed E-state index contributed by atoms with van der Waals surface area (Å²) in [6.45, 7) is 7.43. The molecule has 3 aliphatic rings. The normalized spacial score (nSPS) is 20.8. The fourth-order valence-corrected chi connectivity index (χ4v) is 9.55. The molecule has 1 aromatic heterocycles. The van der Waals surface area contributed by atoms with Gasteiger partial charge in [-0.15, -0.1) is 0 Å². The first-order valence-corrected chi connectivity index (χ1v) is 17.3. The third kappa shape index (κ3) is 4.77. The summed E-state index contributed by atoms with van der Waals surface area (Å²) in [6.07, 6.45) is 9.18. The van der Waals surface area contributed by atoms with E-state index in [1.807, 2.05) is 18.5 Å². The molecule has 2 aromatic carbocycles. The molecule has 6 nitrogen and oxygen atoms in total. The van der Waals surface area contributed by atoms with Crippen LogP contribution in [0.2, 0.25) is 5.02 Å². The largest absolute Gasteiger partial charge is 0.371 e. The third-order valence-electron chi connectivity index (χ3n) is 8.55. The van der Waals surface area contributed by atoms with Crippen molar-refractivity contribution in [2.45, 2.75) is 48.1 Å². The van der Waals surface area contributed by atoms with Crippen molar-refractivity contribution >= 4 is 47.3 Å². The average Bonchev–Trinajstić information content (AvgIpc) is 3.53. The molecule has 2 N–H and O–H groups in total. The minimum atomic E-state index is -2.58. The van der Waals surface area contributed by atoms with Gasteiger partial charge >= 0.3 is 0 Å². The maximum absolute atomic E-state index is 13.3. The summed E-state index contributed by atoms with van der Waals surface area (Å²) >= 11 is 8.38. The molecule has 38 heavy (non-hydrogen) atoms. The molecule has 3 heterocycles. The molecule has 0 bridgehead atoms. The zero-order chi connectivity index (χ0) is 26.5. The smallest absolute Gasteiger partial charge is 0.147 e. The number of aromatic nitrogens is 2. The first-order valence-electron chi connectivity index (χ1n) is 13.5. The van der Waals surface area contributed by atoms with Gasteiger partial charge in [0.25, 0.3) is 0 Å². The van der Waals surface area contributed by atoms with E-state index in [1.54, 1.807) is 13.3 Å². The van der Waals surface area contributed by atoms with Crippen LogP contribution in [-0.4, -0.2) is 49.5 Å². The Morgan fingerprint density at radius 2 is 1.74 bits per heavy atom. The molecular formula is C29H35ClN5OPS. The monoisotopic (exact) mass is 567 g/mol. The Morgan fingerprint density at radius 3 is 2.39 bits per heavy atom. The first-order chi connectivity index (χ1) is 18.2. The lowest BCUT2D eigenvalue weighted by molar-refractivity contribution is 0.187. The van der Waals surface area contributed by atoms with E-state index in [4.69, 9.17) is 27.3 Å². The number of fused-ring (bicyclic) bond motifs is 1. The molecule has 0 radical (unpaired) electrons. The van der Waals surface area contributed by atoms with Crippen molar-refractivity contribution in [3.05, 3.63) is 64.9 Å². The topological polar surface area (TPSA) is 75.4 Å². The van der Waals surface area contributed by atoms with Crippen LogP contribution in [0.15, 0.2) is 58.7 Å². The molecule has 9 heteroatoms. The first kappa shape index (κ1) is 26.2. The molecule has 2 aliphatic heterocycles. The average molecular weight is 568 g/mol. The van der Waals surface area contributed by atoms with Gasteiger partial charge in [-0.3, -0.25) is 0 Å². The highest BCUT2D eigenvalue weighted by Crippen LogP contribution is 2.51. The van der Waals surface area contributed by atoms with E-state index in [1.165, 1.54) is 22.9 Å². The molecule has 0 saturated carbocycles. The highest BCUT2D eigenvalue weighted by molar-refractivity contribution is 7.99. The van der Waals surface area contributed by atoms with Crippen LogP contribution in [0.3, 0.4) is 0 Å². The molecule has 0 unspecified atom stereocenters. The van der Waals surface area contributed by atoms with Gasteiger partial charge < -0.3 is 20.1 Å². The van der Waals surface area contributed by atoms with Crippen LogP contribution < -0.4 is 20.8 Å². The molecule has 6 rings (SSSR count). The number of nitrogens with zero attached hydrogens (tertiary/aromatic N) is 4. The Bertz CT molecular complexity index is 1380. The van der Waals surface area contributed by atoms with Gasteiger partial charge in [0, 0.05) is 42.8 Å². The van der Waals surface area contributed by atoms with Crippen molar-refractivity contribution in [2.24, 2.45) is 11.1 Å². The molecule has 1 spiro atoms. The summed E-state index contributed by atoms with van der Waals surface area (Å²) in [5.41, 5.74) is 10.6. The summed E-state index contributed by atoms with van der Waals surface area (Å²) in [5, 5.41) is 2.14. The SMILES string of the molecule is CP(C)(=O)c1c(N2CCCC2)ccc(Sc2cnc(N3CCC4(CC3)Cc3ccccc3[C@H]4N)cn2)c1Cl. The highest BCUT2D eigenvalue weighted by atomic mass is 35.5. The number of benzene rings is 2. The Hall–Kier alpha value is -2.05. The summed E-state index contributed by atoms with van der Waals surface area (Å²) in [5.74, 6) is 0.899. The predicted molar refractivity (Wildman–Crippen MR) is 159 cm³/mol. The van der Waals surface area contributed by atoms with Gasteiger partial charge in [0.15, 0.2) is 0 Å². The van der Waals surface area contributed by atoms with Crippen LogP contribution in [0, 0.1) is 5.41 Å². The second-order valence-electron chi connectivity index (χ2n) is 11.3. The van der Waals surface area contributed by atoms with Gasteiger partial charge in [-0.2, -0.15) is 0 Å². The van der Waals surface area contributed by atoms with Crippen LogP contribution in [0.25, 0.3) is 0 Å². The van der Waals surface area contributed by atoms with Crippen molar-refractivity contribution in [3.8, 4) is 0 Å². The Kier molecular flexibility index (Phi) is 7.01. The summed E-state index contributed by atoms with van der Waals surface area (Å²) in [7, 11) is -2.58. The Morgan fingerprint density at radius 1 is 1.00 bits per heavy atom. The third-order valence-corrected chi connectivity index (χ3v) is 11.7. The molecule has 200 valence electrons. The lowest BCUT2D eigenvalue weighted by Gasteiger charge is -2.42. The van der Waals surface area contributed by atoms with E-state index in [2.05, 4.69) is 40.1 Å². The van der Waals surface area contributed by atoms with Crippen LogP contribution in [0.1, 0.15) is 42.9 Å². The molecule has 0 amide bonds. The van der Waals surface area contributed by atoms with E-state index >= 15 is 0 Å². The predicted octanol–water partition coefficient (Wildman–Crippen LogP) is 5.97. The lowest BCUT2D eigenvalue weighted by atomic mass is 9.73. The van der Waals surface area contributed by atoms with Crippen molar-refractivity contribution in [1.82, 2.24) is 9.97 Å². The number of halogens is 1. The highest BCUT2D eigenvalue weighted by Gasteiger charge is 2.45. The number of hydrogen-bond donors (Lipinski definition) is 1. The van der Waals surface area contributed by atoms with Gasteiger partial charge in [-0.1, -0.05) is 47.6 Å². The van der Waals surface area contributed by atoms with Crippen molar-refractivity contribution in [3.63, 3.8) is 0 Å². The standard InChI is InChI=1S/C29H35ClN5OPS/c1-37(2,36)27-22(34-13-5-6-14-34)9-10-23(26(27)30)38-25-19-32-24(18-33-25)35-15-11-29(12-16-35)17-20-7-3-4-8-21(20)28(29)31/h3-4,7-10,18-19,28H,5-6,11-17,31H2,1-2H3/t28-/m1/s1. The fraction of sp³-hybridized carbons (Fsp3) is 0.448. The minimum absolute atomic E-state index is 0.110. The second kappa shape index (κ2) is 10.2. The molecule has 2 fully saturated rings. The van der Waals surface area contributed by atoms with Crippen LogP contribution in [0.5, 0.6) is 0 Å². The molecule has 3 aromatic rings. The number of piperidine rings is 1. The number of nitrogens with two attached hydrogens (primary N) is 1. The van der Waals surface area contributed by atoms with Gasteiger partial charge in [-0.05, 0) is 74.1 Å². The van der Waals surface area contributed by atoms with Crippen molar-refractivity contribution in [2.75, 3.05) is 49.3 Å². The van der Waals surface area contributed by atoms with E-state index in [-0.39, 0.29) is 11.5 Å². The zero-order valence-corrected chi connectivity index (χ0v) is 24.5. The van der Waals surface area contributed by atoms with E-state index in [0.29, 0.717) is 5.02 Å². The van der Waals surface area contributed by atoms with Crippen molar-refractivity contribution < 1.29 is 4.57 Å². The van der Waals surface area contributed by atoms with Gasteiger partial charge in [0.05, 0.1) is 22.7 Å². The molecule has 1 aliphatic carbocycles. The minimum Gasteiger partial charge on any atom is -0.371 e. The maximum atomic E-state index is 13.3. The summed E-state index contributed by atoms with van der Waals surface area (Å²) < 4.78 is 13.3. The lowest BCUT2D eigenvalue weighted by Crippen LogP contribution is -2.44. The molecule has 2 saturated heterocycles. The van der Waals surface area contributed by atoms with Crippen molar-refractivity contribution in [1.29, 1.82) is 0 Å². The number of anilines is 2. The summed E-state index contributed by atoms with van der Waals surface area (Å²) in [6, 6.07) is 12.9. The van der Waals surface area contributed by atoms with Crippen LogP contribution in [0.4, 0.5) is 11.5 Å². The quantitative estimate of drug-likeness (QED) is 0.381. The molecular weight excluding hydrogens is 533 g/mol. The summed E-state index contributed by atoms with van der Waals surface area (Å²) in [4.78, 5) is 15.0. The van der Waals surface area contributed by atoms with Gasteiger partial charge in [-0.25, -0.2) is 9.97 Å². The molecule has 1 atom stereocenters. The fourth-order valence-electron chi connectivity index (χ4n) is 6.46. The number of rotatable bonds is 5.